The van der Waals surface area contributed by atoms with Gasteiger partial charge in [0.15, 0.2) is 0 Å². The molecule has 0 radical (unpaired) electrons. The van der Waals surface area contributed by atoms with Gasteiger partial charge >= 0.3 is 0 Å². The molecule has 1 aromatic heterocycles. The number of nitrogens with zero attached hydrogens (tertiary/aromatic N) is 3. The zero-order valence-corrected chi connectivity index (χ0v) is 13.1. The van der Waals surface area contributed by atoms with E-state index in [1.54, 1.807) is 0 Å². The van der Waals surface area contributed by atoms with Crippen LogP contribution in [0.15, 0.2) is 6.20 Å². The maximum Gasteiger partial charge on any atom is 0.0827 e. The molecular weight excluding hydrogens is 250 g/mol. The second-order valence-electron chi connectivity index (χ2n) is 5.63. The lowest BCUT2D eigenvalue weighted by Gasteiger charge is -2.01. The molecule has 1 rings (SSSR count). The highest BCUT2D eigenvalue weighted by Crippen LogP contribution is 2.09. The third-order valence-corrected chi connectivity index (χ3v) is 3.67. The highest BCUT2D eigenvalue weighted by molar-refractivity contribution is 4.92. The first-order valence-corrected chi connectivity index (χ1v) is 8.36. The Labute approximate surface area is 123 Å². The number of unbranched alkanes of at least 4 members (excludes halogenated alkanes) is 8. The summed E-state index contributed by atoms with van der Waals surface area (Å²) in [7, 11) is 0. The third kappa shape index (κ3) is 8.31. The topological polar surface area (TPSA) is 50.9 Å². The monoisotopic (exact) mass is 281 g/mol. The summed E-state index contributed by atoms with van der Waals surface area (Å²) < 4.78 is 1.96. The van der Waals surface area contributed by atoms with E-state index < -0.39 is 0 Å². The Hall–Kier alpha value is -0.900. The molecule has 116 valence electrons. The van der Waals surface area contributed by atoms with Crippen LogP contribution in [-0.2, 0) is 13.0 Å². The van der Waals surface area contributed by atoms with Crippen molar-refractivity contribution in [1.82, 2.24) is 15.0 Å². The van der Waals surface area contributed by atoms with Gasteiger partial charge in [0.2, 0.25) is 0 Å². The average Bonchev–Trinajstić information content (AvgIpc) is 2.90. The Morgan fingerprint density at radius 3 is 2.35 bits per heavy atom. The van der Waals surface area contributed by atoms with Gasteiger partial charge in [-0.1, -0.05) is 57.1 Å². The SMILES string of the molecule is CCCCCCCCCCn1cc(CCCCO)nn1. The van der Waals surface area contributed by atoms with Crippen LogP contribution in [0.3, 0.4) is 0 Å². The van der Waals surface area contributed by atoms with Crippen LogP contribution in [0.1, 0.15) is 76.8 Å². The first-order valence-electron chi connectivity index (χ1n) is 8.36. The van der Waals surface area contributed by atoms with E-state index in [0.717, 1.165) is 31.5 Å². The fraction of sp³-hybridized carbons (Fsp3) is 0.875. The highest BCUT2D eigenvalue weighted by atomic mass is 16.2. The number of rotatable bonds is 13. The van der Waals surface area contributed by atoms with Gasteiger partial charge in [0, 0.05) is 19.3 Å². The van der Waals surface area contributed by atoms with Gasteiger partial charge in [0.05, 0.1) is 5.69 Å². The maximum absolute atomic E-state index is 8.74. The Kier molecular flexibility index (Phi) is 10.2. The molecule has 0 spiro atoms. The molecule has 0 aliphatic carbocycles. The van der Waals surface area contributed by atoms with Crippen molar-refractivity contribution in [2.75, 3.05) is 6.61 Å². The van der Waals surface area contributed by atoms with Gasteiger partial charge in [0.25, 0.3) is 0 Å². The number of aromatic nitrogens is 3. The zero-order chi connectivity index (χ0) is 14.5. The molecule has 4 nitrogen and oxygen atoms in total. The molecule has 1 N–H and O–H groups in total. The van der Waals surface area contributed by atoms with E-state index in [4.69, 9.17) is 5.11 Å². The Morgan fingerprint density at radius 1 is 0.950 bits per heavy atom. The molecule has 0 unspecified atom stereocenters. The average molecular weight is 281 g/mol. The minimum absolute atomic E-state index is 0.270. The van der Waals surface area contributed by atoms with Crippen molar-refractivity contribution in [3.05, 3.63) is 11.9 Å². The van der Waals surface area contributed by atoms with Crippen LogP contribution in [0.2, 0.25) is 0 Å². The number of aliphatic hydroxyl groups is 1. The summed E-state index contributed by atoms with van der Waals surface area (Å²) >= 11 is 0. The van der Waals surface area contributed by atoms with Gasteiger partial charge in [-0.15, -0.1) is 5.10 Å². The summed E-state index contributed by atoms with van der Waals surface area (Å²) in [6.45, 7) is 3.52. The number of aryl methyl sites for hydroxylation is 2. The van der Waals surface area contributed by atoms with Crippen molar-refractivity contribution in [2.24, 2.45) is 0 Å². The largest absolute Gasteiger partial charge is 0.396 e. The summed E-state index contributed by atoms with van der Waals surface area (Å²) in [4.78, 5) is 0. The second kappa shape index (κ2) is 11.9. The molecule has 0 saturated carbocycles. The van der Waals surface area contributed by atoms with Crippen LogP contribution in [-0.4, -0.2) is 26.7 Å². The van der Waals surface area contributed by atoms with Gasteiger partial charge in [0.1, 0.15) is 0 Å². The molecule has 0 atom stereocenters. The lowest BCUT2D eigenvalue weighted by Crippen LogP contribution is -1.98. The number of aliphatic hydroxyl groups excluding tert-OH is 1. The molecule has 4 heteroatoms. The van der Waals surface area contributed by atoms with Crippen molar-refractivity contribution in [3.63, 3.8) is 0 Å². The van der Waals surface area contributed by atoms with Crippen molar-refractivity contribution in [2.45, 2.75) is 84.1 Å². The molecule has 0 fully saturated rings. The van der Waals surface area contributed by atoms with Gasteiger partial charge in [-0.05, 0) is 25.7 Å². The second-order valence-corrected chi connectivity index (χ2v) is 5.63. The van der Waals surface area contributed by atoms with Crippen molar-refractivity contribution < 1.29 is 5.11 Å². The van der Waals surface area contributed by atoms with E-state index in [1.165, 1.54) is 51.4 Å². The van der Waals surface area contributed by atoms with E-state index in [9.17, 15) is 0 Å². The Balaban J connectivity index is 1.99. The molecule has 0 bridgehead atoms. The van der Waals surface area contributed by atoms with Crippen LogP contribution in [0.5, 0.6) is 0 Å². The number of hydrogen-bond acceptors (Lipinski definition) is 3. The molecule has 0 aromatic carbocycles. The molecule has 1 heterocycles. The van der Waals surface area contributed by atoms with Crippen molar-refractivity contribution >= 4 is 0 Å². The standard InChI is InChI=1S/C16H31N3O/c1-2-3-4-5-6-7-8-10-13-19-15-16(17-18-19)12-9-11-14-20/h15,20H,2-14H2,1H3. The molecule has 0 saturated heterocycles. The fourth-order valence-corrected chi connectivity index (χ4v) is 2.39. The van der Waals surface area contributed by atoms with E-state index >= 15 is 0 Å². The van der Waals surface area contributed by atoms with E-state index in [-0.39, 0.29) is 6.61 Å². The normalized spacial score (nSPS) is 11.1. The molecule has 0 aliphatic rings. The molecular formula is C16H31N3O. The first-order chi connectivity index (χ1) is 9.86. The highest BCUT2D eigenvalue weighted by Gasteiger charge is 2.00. The van der Waals surface area contributed by atoms with E-state index in [2.05, 4.69) is 23.4 Å². The minimum Gasteiger partial charge on any atom is -0.396 e. The summed E-state index contributed by atoms with van der Waals surface area (Å²) in [6, 6.07) is 0. The Morgan fingerprint density at radius 2 is 1.65 bits per heavy atom. The summed E-state index contributed by atoms with van der Waals surface area (Å²) in [5, 5.41) is 17.1. The van der Waals surface area contributed by atoms with Crippen LogP contribution in [0.4, 0.5) is 0 Å². The van der Waals surface area contributed by atoms with Crippen LogP contribution in [0.25, 0.3) is 0 Å². The van der Waals surface area contributed by atoms with E-state index in [0.29, 0.717) is 0 Å². The van der Waals surface area contributed by atoms with Crippen molar-refractivity contribution in [3.8, 4) is 0 Å². The van der Waals surface area contributed by atoms with Gasteiger partial charge in [-0.3, -0.25) is 4.68 Å². The lowest BCUT2D eigenvalue weighted by molar-refractivity contribution is 0.284. The zero-order valence-electron chi connectivity index (χ0n) is 13.1. The molecule has 1 aromatic rings. The number of hydrogen-bond donors (Lipinski definition) is 1. The predicted octanol–water partition coefficient (Wildman–Crippen LogP) is 3.73. The minimum atomic E-state index is 0.270. The fourth-order valence-electron chi connectivity index (χ4n) is 2.39. The van der Waals surface area contributed by atoms with Gasteiger partial charge in [-0.25, -0.2) is 0 Å². The maximum atomic E-state index is 8.74. The summed E-state index contributed by atoms with van der Waals surface area (Å²) in [6.07, 6.45) is 15.6. The summed E-state index contributed by atoms with van der Waals surface area (Å²) in [5.41, 5.74) is 1.05. The van der Waals surface area contributed by atoms with Crippen molar-refractivity contribution in [1.29, 1.82) is 0 Å². The lowest BCUT2D eigenvalue weighted by atomic mass is 10.1. The Bertz CT molecular complexity index is 325. The molecule has 20 heavy (non-hydrogen) atoms. The predicted molar refractivity (Wildman–Crippen MR) is 82.7 cm³/mol. The van der Waals surface area contributed by atoms with Crippen LogP contribution in [0, 0.1) is 0 Å². The molecule has 0 aliphatic heterocycles. The smallest absolute Gasteiger partial charge is 0.0827 e. The van der Waals surface area contributed by atoms with Gasteiger partial charge < -0.3 is 5.11 Å². The van der Waals surface area contributed by atoms with E-state index in [1.807, 2.05) is 4.68 Å². The molecule has 0 amide bonds. The van der Waals surface area contributed by atoms with Crippen LogP contribution < -0.4 is 0 Å². The van der Waals surface area contributed by atoms with Gasteiger partial charge in [-0.2, -0.15) is 0 Å². The van der Waals surface area contributed by atoms with Crippen LogP contribution >= 0.6 is 0 Å². The first kappa shape index (κ1) is 17.2. The quantitative estimate of drug-likeness (QED) is 0.560. The third-order valence-electron chi connectivity index (χ3n) is 3.67. The summed E-state index contributed by atoms with van der Waals surface area (Å²) in [5.74, 6) is 0.